The molecular formula is C9H12N2O2. The number of hydrogen-bond donors (Lipinski definition) is 2. The van der Waals surface area contributed by atoms with Gasteiger partial charge in [-0.2, -0.15) is 0 Å². The normalized spacial score (nSPS) is 12.5. The van der Waals surface area contributed by atoms with Crippen molar-refractivity contribution in [3.8, 4) is 0 Å². The molecule has 0 saturated carbocycles. The van der Waals surface area contributed by atoms with Crippen molar-refractivity contribution < 1.29 is 9.90 Å². The average Bonchev–Trinajstić information content (AvgIpc) is 2.17. The number of aromatic nitrogens is 1. The molecule has 0 aromatic carbocycles. The van der Waals surface area contributed by atoms with Crippen LogP contribution in [0.2, 0.25) is 0 Å². The van der Waals surface area contributed by atoms with Gasteiger partial charge in [-0.05, 0) is 26.1 Å². The van der Waals surface area contributed by atoms with Crippen molar-refractivity contribution in [2.75, 3.05) is 7.05 Å². The van der Waals surface area contributed by atoms with E-state index in [1.54, 1.807) is 19.2 Å². The first kappa shape index (κ1) is 9.67. The van der Waals surface area contributed by atoms with E-state index in [1.807, 2.05) is 6.92 Å². The van der Waals surface area contributed by atoms with Gasteiger partial charge in [0.05, 0.1) is 5.69 Å². The molecule has 1 atom stereocenters. The van der Waals surface area contributed by atoms with Crippen molar-refractivity contribution in [3.63, 3.8) is 0 Å². The molecule has 0 spiro atoms. The summed E-state index contributed by atoms with van der Waals surface area (Å²) >= 11 is 0. The van der Waals surface area contributed by atoms with Crippen LogP contribution in [0.25, 0.3) is 0 Å². The van der Waals surface area contributed by atoms with Gasteiger partial charge in [-0.1, -0.05) is 6.07 Å². The van der Waals surface area contributed by atoms with Crippen molar-refractivity contribution in [2.45, 2.75) is 13.0 Å². The van der Waals surface area contributed by atoms with Crippen LogP contribution in [0, 0.1) is 0 Å². The Hall–Kier alpha value is -1.42. The molecule has 0 saturated heterocycles. The molecule has 0 amide bonds. The number of nitrogens with one attached hydrogen (secondary N) is 1. The van der Waals surface area contributed by atoms with E-state index >= 15 is 0 Å². The number of carboxylic acids is 1. The number of hydrogen-bond acceptors (Lipinski definition) is 3. The Bertz CT molecular complexity index is 312. The van der Waals surface area contributed by atoms with Crippen molar-refractivity contribution in [1.29, 1.82) is 0 Å². The first-order valence-electron chi connectivity index (χ1n) is 4.02. The van der Waals surface area contributed by atoms with Crippen LogP contribution in [0.1, 0.15) is 29.1 Å². The fraction of sp³-hybridized carbons (Fsp3) is 0.333. The lowest BCUT2D eigenvalue weighted by Gasteiger charge is -2.09. The molecule has 0 aliphatic carbocycles. The van der Waals surface area contributed by atoms with Gasteiger partial charge in [-0.25, -0.2) is 9.78 Å². The van der Waals surface area contributed by atoms with E-state index in [9.17, 15) is 4.79 Å². The molecule has 0 fully saturated rings. The third-order valence-corrected chi connectivity index (χ3v) is 1.87. The molecule has 0 aliphatic rings. The number of aromatic carboxylic acids is 1. The third-order valence-electron chi connectivity index (χ3n) is 1.87. The highest BCUT2D eigenvalue weighted by molar-refractivity contribution is 5.85. The van der Waals surface area contributed by atoms with Gasteiger partial charge >= 0.3 is 5.97 Å². The second-order valence-corrected chi connectivity index (χ2v) is 2.76. The van der Waals surface area contributed by atoms with Crippen LogP contribution < -0.4 is 5.32 Å². The zero-order valence-corrected chi connectivity index (χ0v) is 7.61. The van der Waals surface area contributed by atoms with E-state index in [2.05, 4.69) is 10.3 Å². The van der Waals surface area contributed by atoms with E-state index in [0.717, 1.165) is 5.69 Å². The van der Waals surface area contributed by atoms with E-state index < -0.39 is 5.97 Å². The van der Waals surface area contributed by atoms with Crippen LogP contribution in [0.15, 0.2) is 18.2 Å². The number of carbonyl (C=O) groups is 1. The number of nitrogens with zero attached hydrogens (tertiary/aromatic N) is 1. The standard InChI is InChI=1S/C9H12N2O2/c1-6(10-2)7-4-3-5-8(11-7)9(12)13/h3-6,10H,1-2H3,(H,12,13)/t6-/m0/s1. The third kappa shape index (κ3) is 2.26. The number of rotatable bonds is 3. The Morgan fingerprint density at radius 2 is 2.31 bits per heavy atom. The van der Waals surface area contributed by atoms with Crippen molar-refractivity contribution in [2.24, 2.45) is 0 Å². The van der Waals surface area contributed by atoms with Crippen LogP contribution in [-0.4, -0.2) is 23.1 Å². The molecule has 4 heteroatoms. The summed E-state index contributed by atoms with van der Waals surface area (Å²) in [5, 5.41) is 11.7. The highest BCUT2D eigenvalue weighted by atomic mass is 16.4. The average molecular weight is 180 g/mol. The molecule has 70 valence electrons. The summed E-state index contributed by atoms with van der Waals surface area (Å²) in [4.78, 5) is 14.6. The molecule has 4 nitrogen and oxygen atoms in total. The molecule has 1 heterocycles. The van der Waals surface area contributed by atoms with Gasteiger partial charge in [-0.3, -0.25) is 0 Å². The smallest absolute Gasteiger partial charge is 0.354 e. The van der Waals surface area contributed by atoms with Crippen LogP contribution in [0.4, 0.5) is 0 Å². The predicted octanol–water partition coefficient (Wildman–Crippen LogP) is 1.06. The van der Waals surface area contributed by atoms with Crippen LogP contribution >= 0.6 is 0 Å². The lowest BCUT2D eigenvalue weighted by molar-refractivity contribution is 0.0690. The van der Waals surface area contributed by atoms with E-state index in [0.29, 0.717) is 0 Å². The molecule has 0 unspecified atom stereocenters. The summed E-state index contributed by atoms with van der Waals surface area (Å²) in [6.07, 6.45) is 0. The van der Waals surface area contributed by atoms with Gasteiger partial charge in [0.15, 0.2) is 0 Å². The lowest BCUT2D eigenvalue weighted by Crippen LogP contribution is -2.15. The largest absolute Gasteiger partial charge is 0.477 e. The van der Waals surface area contributed by atoms with E-state index in [4.69, 9.17) is 5.11 Å². The van der Waals surface area contributed by atoms with Gasteiger partial charge in [0.25, 0.3) is 0 Å². The molecule has 1 aromatic rings. The minimum atomic E-state index is -0.995. The maximum Gasteiger partial charge on any atom is 0.354 e. The second-order valence-electron chi connectivity index (χ2n) is 2.76. The van der Waals surface area contributed by atoms with Gasteiger partial charge in [0.1, 0.15) is 5.69 Å². The SMILES string of the molecule is CN[C@@H](C)c1cccc(C(=O)O)n1. The molecule has 1 aromatic heterocycles. The van der Waals surface area contributed by atoms with Gasteiger partial charge in [0, 0.05) is 6.04 Å². The first-order chi connectivity index (χ1) is 6.15. The number of pyridine rings is 1. The topological polar surface area (TPSA) is 62.2 Å². The van der Waals surface area contributed by atoms with Gasteiger partial charge in [0.2, 0.25) is 0 Å². The lowest BCUT2D eigenvalue weighted by atomic mass is 10.2. The zero-order chi connectivity index (χ0) is 9.84. The van der Waals surface area contributed by atoms with Crippen LogP contribution in [-0.2, 0) is 0 Å². The molecule has 0 radical (unpaired) electrons. The molecular weight excluding hydrogens is 168 g/mol. The maximum atomic E-state index is 10.6. The van der Waals surface area contributed by atoms with E-state index in [-0.39, 0.29) is 11.7 Å². The summed E-state index contributed by atoms with van der Waals surface area (Å²) in [5.41, 5.74) is 0.821. The van der Waals surface area contributed by atoms with Crippen molar-refractivity contribution in [3.05, 3.63) is 29.6 Å². The fourth-order valence-corrected chi connectivity index (χ4v) is 0.960. The molecule has 1 rings (SSSR count). The summed E-state index contributed by atoms with van der Waals surface area (Å²) in [6.45, 7) is 1.92. The Morgan fingerprint density at radius 3 is 2.85 bits per heavy atom. The Morgan fingerprint density at radius 1 is 1.62 bits per heavy atom. The Labute approximate surface area is 76.6 Å². The second kappa shape index (κ2) is 4.00. The molecule has 2 N–H and O–H groups in total. The minimum absolute atomic E-state index is 0.0688. The number of carboxylic acid groups (broad SMARTS) is 1. The van der Waals surface area contributed by atoms with Crippen molar-refractivity contribution in [1.82, 2.24) is 10.3 Å². The van der Waals surface area contributed by atoms with Crippen molar-refractivity contribution >= 4 is 5.97 Å². The predicted molar refractivity (Wildman–Crippen MR) is 48.7 cm³/mol. The summed E-state index contributed by atoms with van der Waals surface area (Å²) in [5.74, 6) is -0.995. The zero-order valence-electron chi connectivity index (χ0n) is 7.61. The Kier molecular flexibility index (Phi) is 2.97. The van der Waals surface area contributed by atoms with Crippen LogP contribution in [0.3, 0.4) is 0 Å². The summed E-state index contributed by atoms with van der Waals surface area (Å²) in [6, 6.07) is 5.04. The summed E-state index contributed by atoms with van der Waals surface area (Å²) in [7, 11) is 1.81. The highest BCUT2D eigenvalue weighted by Crippen LogP contribution is 2.08. The first-order valence-corrected chi connectivity index (χ1v) is 4.02. The Balaban J connectivity index is 2.98. The van der Waals surface area contributed by atoms with Crippen LogP contribution in [0.5, 0.6) is 0 Å². The summed E-state index contributed by atoms with van der Waals surface area (Å²) < 4.78 is 0. The molecule has 0 bridgehead atoms. The highest BCUT2D eigenvalue weighted by Gasteiger charge is 2.08. The molecule has 13 heavy (non-hydrogen) atoms. The van der Waals surface area contributed by atoms with Gasteiger partial charge in [-0.15, -0.1) is 0 Å². The minimum Gasteiger partial charge on any atom is -0.477 e. The molecule has 0 aliphatic heterocycles. The fourth-order valence-electron chi connectivity index (χ4n) is 0.960. The van der Waals surface area contributed by atoms with E-state index in [1.165, 1.54) is 6.07 Å². The van der Waals surface area contributed by atoms with Gasteiger partial charge < -0.3 is 10.4 Å². The quantitative estimate of drug-likeness (QED) is 0.730. The maximum absolute atomic E-state index is 10.6. The monoisotopic (exact) mass is 180 g/mol.